The van der Waals surface area contributed by atoms with Crippen LogP contribution >= 0.6 is 0 Å². The second-order valence-electron chi connectivity index (χ2n) is 4.46. The van der Waals surface area contributed by atoms with E-state index in [1.54, 1.807) is 14.2 Å². The second kappa shape index (κ2) is 4.94. The van der Waals surface area contributed by atoms with Crippen molar-refractivity contribution >= 4 is 0 Å². The first kappa shape index (κ1) is 12.2. The molecule has 1 aromatic rings. The monoisotopic (exact) mass is 237 g/mol. The van der Waals surface area contributed by atoms with Crippen LogP contribution in [0, 0.1) is 5.92 Å². The van der Waals surface area contributed by atoms with Crippen molar-refractivity contribution in [1.82, 2.24) is 0 Å². The molecule has 0 amide bonds. The maximum Gasteiger partial charge on any atom is 0.123 e. The average Bonchev–Trinajstić information content (AvgIpc) is 3.20. The zero-order valence-electron chi connectivity index (χ0n) is 10.2. The molecule has 4 nitrogen and oxygen atoms in total. The molecule has 4 heteroatoms. The lowest BCUT2D eigenvalue weighted by Crippen LogP contribution is -2.28. The average molecular weight is 237 g/mol. The van der Waals surface area contributed by atoms with Crippen LogP contribution in [0.15, 0.2) is 18.2 Å². The molecular weight excluding hydrogens is 218 g/mol. The zero-order valence-corrected chi connectivity index (χ0v) is 10.2. The summed E-state index contributed by atoms with van der Waals surface area (Å²) in [6.45, 7) is 0. The first-order valence-corrected chi connectivity index (χ1v) is 5.83. The van der Waals surface area contributed by atoms with Crippen molar-refractivity contribution in [2.75, 3.05) is 14.2 Å². The molecule has 0 unspecified atom stereocenters. The molecular formula is C13H19NO3. The largest absolute Gasteiger partial charge is 0.497 e. The summed E-state index contributed by atoms with van der Waals surface area (Å²) in [6, 6.07) is 5.04. The summed E-state index contributed by atoms with van der Waals surface area (Å²) in [5.41, 5.74) is 6.89. The molecule has 3 N–H and O–H groups in total. The molecule has 0 radical (unpaired) electrons. The highest BCUT2D eigenvalue weighted by atomic mass is 16.5. The van der Waals surface area contributed by atoms with E-state index in [4.69, 9.17) is 15.2 Å². The summed E-state index contributed by atoms with van der Waals surface area (Å²) < 4.78 is 10.4. The van der Waals surface area contributed by atoms with Crippen molar-refractivity contribution in [3.05, 3.63) is 23.8 Å². The quantitative estimate of drug-likeness (QED) is 0.814. The highest BCUT2D eigenvalue weighted by Crippen LogP contribution is 2.39. The van der Waals surface area contributed by atoms with Gasteiger partial charge in [-0.15, -0.1) is 0 Å². The number of hydrogen-bond donors (Lipinski definition) is 2. The predicted molar refractivity (Wildman–Crippen MR) is 65.2 cm³/mol. The highest BCUT2D eigenvalue weighted by molar-refractivity contribution is 5.42. The zero-order chi connectivity index (χ0) is 12.4. The van der Waals surface area contributed by atoms with Crippen molar-refractivity contribution in [2.24, 2.45) is 11.7 Å². The van der Waals surface area contributed by atoms with E-state index in [1.807, 2.05) is 18.2 Å². The van der Waals surface area contributed by atoms with E-state index in [2.05, 4.69) is 0 Å². The first-order chi connectivity index (χ1) is 8.17. The van der Waals surface area contributed by atoms with Gasteiger partial charge in [0.05, 0.1) is 26.4 Å². The molecule has 1 fully saturated rings. The Kier molecular flexibility index (Phi) is 3.54. The molecule has 0 spiro atoms. The predicted octanol–water partition coefficient (Wildman–Crippen LogP) is 1.47. The molecule has 1 aromatic carbocycles. The Morgan fingerprint density at radius 2 is 2.00 bits per heavy atom. The van der Waals surface area contributed by atoms with Gasteiger partial charge in [0.2, 0.25) is 0 Å². The van der Waals surface area contributed by atoms with Crippen LogP contribution in [-0.4, -0.2) is 25.4 Å². The van der Waals surface area contributed by atoms with Crippen molar-refractivity contribution in [3.8, 4) is 11.5 Å². The summed E-state index contributed by atoms with van der Waals surface area (Å²) >= 11 is 0. The molecule has 2 atom stereocenters. The Labute approximate surface area is 101 Å². The number of rotatable bonds is 5. The van der Waals surface area contributed by atoms with Crippen LogP contribution in [0.25, 0.3) is 0 Å². The molecule has 1 saturated carbocycles. The van der Waals surface area contributed by atoms with E-state index in [9.17, 15) is 5.11 Å². The molecule has 0 bridgehead atoms. The standard InChI is InChI=1S/C13H19NO3/c1-16-9-5-6-11(17-2)10(7-9)12(14)13(15)8-3-4-8/h5-8,12-13,15H,3-4,14H2,1-2H3/t12-,13+/m1/s1. The number of hydrogen-bond acceptors (Lipinski definition) is 4. The number of ether oxygens (including phenoxy) is 2. The van der Waals surface area contributed by atoms with Gasteiger partial charge in [0.15, 0.2) is 0 Å². The number of aliphatic hydroxyl groups is 1. The van der Waals surface area contributed by atoms with Crippen LogP contribution in [0.4, 0.5) is 0 Å². The van der Waals surface area contributed by atoms with Crippen LogP contribution in [0.1, 0.15) is 24.4 Å². The number of benzene rings is 1. The molecule has 0 aliphatic heterocycles. The van der Waals surface area contributed by atoms with Crippen LogP contribution in [0.5, 0.6) is 11.5 Å². The topological polar surface area (TPSA) is 64.7 Å². The van der Waals surface area contributed by atoms with Crippen LogP contribution in [-0.2, 0) is 0 Å². The lowest BCUT2D eigenvalue weighted by Gasteiger charge is -2.21. The van der Waals surface area contributed by atoms with Crippen LogP contribution in [0.2, 0.25) is 0 Å². The Balaban J connectivity index is 2.27. The third-order valence-electron chi connectivity index (χ3n) is 3.27. The molecule has 2 rings (SSSR count). The Bertz CT molecular complexity index is 390. The van der Waals surface area contributed by atoms with Gasteiger partial charge in [-0.3, -0.25) is 0 Å². The van der Waals surface area contributed by atoms with Gasteiger partial charge >= 0.3 is 0 Å². The minimum Gasteiger partial charge on any atom is -0.497 e. The van der Waals surface area contributed by atoms with E-state index in [1.165, 1.54) is 0 Å². The molecule has 1 aliphatic rings. The maximum absolute atomic E-state index is 10.1. The Morgan fingerprint density at radius 3 is 2.53 bits per heavy atom. The van der Waals surface area contributed by atoms with E-state index in [0.29, 0.717) is 11.7 Å². The van der Waals surface area contributed by atoms with Gasteiger partial charge in [0, 0.05) is 5.56 Å². The lowest BCUT2D eigenvalue weighted by molar-refractivity contribution is 0.121. The van der Waals surface area contributed by atoms with Crippen LogP contribution in [0.3, 0.4) is 0 Å². The summed E-state index contributed by atoms with van der Waals surface area (Å²) in [5, 5.41) is 10.1. The number of methoxy groups -OCH3 is 2. The summed E-state index contributed by atoms with van der Waals surface area (Å²) in [6.07, 6.45) is 1.61. The minimum atomic E-state index is -0.504. The van der Waals surface area contributed by atoms with Gasteiger partial charge in [-0.25, -0.2) is 0 Å². The van der Waals surface area contributed by atoms with Gasteiger partial charge in [0.1, 0.15) is 11.5 Å². The normalized spacial score (nSPS) is 18.6. The maximum atomic E-state index is 10.1. The fourth-order valence-electron chi connectivity index (χ4n) is 2.01. The van der Waals surface area contributed by atoms with Gasteiger partial charge < -0.3 is 20.3 Å². The van der Waals surface area contributed by atoms with Crippen molar-refractivity contribution in [1.29, 1.82) is 0 Å². The SMILES string of the molecule is COc1ccc(OC)c([C@@H](N)[C@@H](O)C2CC2)c1. The molecule has 1 aliphatic carbocycles. The van der Waals surface area contributed by atoms with Crippen molar-refractivity contribution in [2.45, 2.75) is 25.0 Å². The fourth-order valence-corrected chi connectivity index (χ4v) is 2.01. The third kappa shape index (κ3) is 2.53. The molecule has 0 heterocycles. The number of nitrogens with two attached hydrogens (primary N) is 1. The van der Waals surface area contributed by atoms with Gasteiger partial charge in [-0.05, 0) is 37.0 Å². The molecule has 0 saturated heterocycles. The van der Waals surface area contributed by atoms with Crippen molar-refractivity contribution < 1.29 is 14.6 Å². The van der Waals surface area contributed by atoms with Gasteiger partial charge in [-0.1, -0.05) is 0 Å². The lowest BCUT2D eigenvalue weighted by atomic mass is 9.98. The van der Waals surface area contributed by atoms with Crippen LogP contribution < -0.4 is 15.2 Å². The van der Waals surface area contributed by atoms with E-state index in [-0.39, 0.29) is 0 Å². The second-order valence-corrected chi connectivity index (χ2v) is 4.46. The Morgan fingerprint density at radius 1 is 1.29 bits per heavy atom. The number of aliphatic hydroxyl groups excluding tert-OH is 1. The summed E-state index contributed by atoms with van der Waals surface area (Å²) in [4.78, 5) is 0. The highest BCUT2D eigenvalue weighted by Gasteiger charge is 2.35. The van der Waals surface area contributed by atoms with E-state index >= 15 is 0 Å². The van der Waals surface area contributed by atoms with E-state index < -0.39 is 12.1 Å². The molecule has 17 heavy (non-hydrogen) atoms. The van der Waals surface area contributed by atoms with Crippen molar-refractivity contribution in [3.63, 3.8) is 0 Å². The summed E-state index contributed by atoms with van der Waals surface area (Å²) in [7, 11) is 3.20. The molecule has 94 valence electrons. The van der Waals surface area contributed by atoms with Gasteiger partial charge in [-0.2, -0.15) is 0 Å². The fraction of sp³-hybridized carbons (Fsp3) is 0.538. The summed E-state index contributed by atoms with van der Waals surface area (Å²) in [5.74, 6) is 1.75. The molecule has 0 aromatic heterocycles. The van der Waals surface area contributed by atoms with Gasteiger partial charge in [0.25, 0.3) is 0 Å². The first-order valence-electron chi connectivity index (χ1n) is 5.83. The van der Waals surface area contributed by atoms with E-state index in [0.717, 1.165) is 24.2 Å². The smallest absolute Gasteiger partial charge is 0.123 e. The minimum absolute atomic E-state index is 0.334. The third-order valence-corrected chi connectivity index (χ3v) is 3.27. The Hall–Kier alpha value is -1.26.